The number of para-hydroxylation sites is 2. The molecular formula is C20H18N4O6S. The maximum Gasteiger partial charge on any atom is 0.295 e. The summed E-state index contributed by atoms with van der Waals surface area (Å²) in [5.41, 5.74) is 2.93. The van der Waals surface area contributed by atoms with Crippen LogP contribution in [0.3, 0.4) is 0 Å². The molecule has 0 aliphatic rings. The maximum atomic E-state index is 12.7. The summed E-state index contributed by atoms with van der Waals surface area (Å²) in [5.74, 6) is 0.404. The van der Waals surface area contributed by atoms with E-state index in [0.717, 1.165) is 6.07 Å². The molecule has 0 aliphatic carbocycles. The Morgan fingerprint density at radius 1 is 1.06 bits per heavy atom. The number of sulfonamides is 1. The van der Waals surface area contributed by atoms with E-state index in [4.69, 9.17) is 4.74 Å². The van der Waals surface area contributed by atoms with E-state index in [1.807, 2.05) is 0 Å². The minimum atomic E-state index is -4.11. The second-order valence-electron chi connectivity index (χ2n) is 6.20. The molecule has 0 aliphatic heterocycles. The third-order valence-electron chi connectivity index (χ3n) is 4.12. The van der Waals surface area contributed by atoms with Crippen molar-refractivity contribution in [2.75, 3.05) is 17.3 Å². The van der Waals surface area contributed by atoms with E-state index in [0.29, 0.717) is 11.3 Å². The molecule has 160 valence electrons. The van der Waals surface area contributed by atoms with E-state index in [-0.39, 0.29) is 22.0 Å². The van der Waals surface area contributed by atoms with Crippen molar-refractivity contribution in [3.05, 3.63) is 82.4 Å². The number of methoxy groups -OCH3 is 1. The Balaban J connectivity index is 1.85. The lowest BCUT2D eigenvalue weighted by Gasteiger charge is -2.12. The van der Waals surface area contributed by atoms with Gasteiger partial charge in [0.25, 0.3) is 15.7 Å². The molecule has 0 saturated heterocycles. The highest BCUT2D eigenvalue weighted by atomic mass is 32.2. The fourth-order valence-corrected chi connectivity index (χ4v) is 3.68. The quantitative estimate of drug-likeness (QED) is 0.275. The summed E-state index contributed by atoms with van der Waals surface area (Å²) in [4.78, 5) is 10.5. The summed E-state index contributed by atoms with van der Waals surface area (Å²) in [6.45, 7) is 0. The fraction of sp³-hybridized carbons (Fsp3) is 0.0500. The molecule has 3 aromatic rings. The Morgan fingerprint density at radius 3 is 2.45 bits per heavy atom. The number of nitrogens with zero attached hydrogens (tertiary/aromatic N) is 2. The van der Waals surface area contributed by atoms with Gasteiger partial charge in [0.05, 0.1) is 28.8 Å². The first-order chi connectivity index (χ1) is 14.8. The molecule has 31 heavy (non-hydrogen) atoms. The molecule has 0 heterocycles. The van der Waals surface area contributed by atoms with Gasteiger partial charge in [-0.3, -0.25) is 20.3 Å². The van der Waals surface area contributed by atoms with Gasteiger partial charge in [-0.2, -0.15) is 5.10 Å². The Morgan fingerprint density at radius 2 is 1.77 bits per heavy atom. The average Bonchev–Trinajstić information content (AvgIpc) is 2.75. The lowest BCUT2D eigenvalue weighted by molar-refractivity contribution is -0.384. The van der Waals surface area contributed by atoms with Crippen molar-refractivity contribution in [2.45, 2.75) is 4.90 Å². The van der Waals surface area contributed by atoms with Crippen molar-refractivity contribution >= 4 is 33.3 Å². The third-order valence-corrected chi connectivity index (χ3v) is 5.48. The molecule has 0 bridgehead atoms. The Bertz CT molecular complexity index is 1230. The number of hydrogen-bond acceptors (Lipinski definition) is 8. The van der Waals surface area contributed by atoms with E-state index in [2.05, 4.69) is 15.2 Å². The number of nitro benzene ring substituents is 1. The van der Waals surface area contributed by atoms with Gasteiger partial charge in [0.15, 0.2) is 0 Å². The number of ether oxygens (including phenoxy) is 1. The molecule has 0 aromatic heterocycles. The number of nitrogens with one attached hydrogen (secondary N) is 2. The molecule has 3 rings (SSSR count). The van der Waals surface area contributed by atoms with E-state index in [1.54, 1.807) is 30.3 Å². The van der Waals surface area contributed by atoms with Crippen LogP contribution in [0.2, 0.25) is 0 Å². The van der Waals surface area contributed by atoms with Gasteiger partial charge >= 0.3 is 0 Å². The summed E-state index contributed by atoms with van der Waals surface area (Å²) in [6, 6.07) is 16.0. The summed E-state index contributed by atoms with van der Waals surface area (Å²) >= 11 is 0. The van der Waals surface area contributed by atoms with Crippen molar-refractivity contribution in [1.29, 1.82) is 0 Å². The van der Waals surface area contributed by atoms with Crippen LogP contribution in [0.5, 0.6) is 11.5 Å². The van der Waals surface area contributed by atoms with Gasteiger partial charge < -0.3 is 9.84 Å². The van der Waals surface area contributed by atoms with E-state index >= 15 is 0 Å². The van der Waals surface area contributed by atoms with E-state index < -0.39 is 20.6 Å². The standard InChI is InChI=1S/C20H18N4O6S/c1-30-20-5-3-2-4-18(20)23-31(28,29)16-10-11-17(19(12-16)24(26)27)22-21-13-14-6-8-15(25)9-7-14/h2-13,22-23,25H,1H3. The van der Waals surface area contributed by atoms with Gasteiger partial charge in [0, 0.05) is 6.07 Å². The molecule has 11 heteroatoms. The molecule has 10 nitrogen and oxygen atoms in total. The van der Waals surface area contributed by atoms with Crippen molar-refractivity contribution in [3.63, 3.8) is 0 Å². The smallest absolute Gasteiger partial charge is 0.295 e. The van der Waals surface area contributed by atoms with E-state index in [9.17, 15) is 23.6 Å². The molecule has 0 spiro atoms. The largest absolute Gasteiger partial charge is 0.508 e. The van der Waals surface area contributed by atoms with Gasteiger partial charge in [0.2, 0.25) is 0 Å². The van der Waals surface area contributed by atoms with Crippen molar-refractivity contribution < 1.29 is 23.2 Å². The summed E-state index contributed by atoms with van der Waals surface area (Å²) in [5, 5.41) is 24.7. The first-order valence-corrected chi connectivity index (χ1v) is 10.3. The molecule has 0 unspecified atom stereocenters. The minimum absolute atomic E-state index is 0.0104. The maximum absolute atomic E-state index is 12.7. The molecule has 0 radical (unpaired) electrons. The van der Waals surface area contributed by atoms with Crippen LogP contribution in [-0.4, -0.2) is 31.8 Å². The van der Waals surface area contributed by atoms with Crippen molar-refractivity contribution in [2.24, 2.45) is 5.10 Å². The first-order valence-electron chi connectivity index (χ1n) is 8.82. The Hall–Kier alpha value is -4.12. The minimum Gasteiger partial charge on any atom is -0.508 e. The predicted octanol–water partition coefficient (Wildman–Crippen LogP) is 3.56. The van der Waals surface area contributed by atoms with Crippen LogP contribution < -0.4 is 14.9 Å². The van der Waals surface area contributed by atoms with Gasteiger partial charge in [-0.05, 0) is 54.1 Å². The molecular weight excluding hydrogens is 424 g/mol. The molecule has 0 fully saturated rings. The van der Waals surface area contributed by atoms with Crippen molar-refractivity contribution in [1.82, 2.24) is 0 Å². The van der Waals surface area contributed by atoms with Gasteiger partial charge in [-0.25, -0.2) is 8.42 Å². The molecule has 0 atom stereocenters. The number of aromatic hydroxyl groups is 1. The summed E-state index contributed by atoms with van der Waals surface area (Å²) < 4.78 is 32.9. The van der Waals surface area contributed by atoms with Crippen LogP contribution in [0.4, 0.5) is 17.1 Å². The molecule has 0 saturated carbocycles. The van der Waals surface area contributed by atoms with Gasteiger partial charge in [0.1, 0.15) is 17.2 Å². The first kappa shape index (κ1) is 21.6. The van der Waals surface area contributed by atoms with Crippen molar-refractivity contribution in [3.8, 4) is 11.5 Å². The average molecular weight is 442 g/mol. The number of phenolic OH excluding ortho intramolecular Hbond substituents is 1. The Labute approximate surface area is 178 Å². The molecule has 3 aromatic carbocycles. The summed E-state index contributed by atoms with van der Waals surface area (Å²) in [7, 11) is -2.71. The van der Waals surface area contributed by atoms with Gasteiger partial charge in [-0.1, -0.05) is 12.1 Å². The van der Waals surface area contributed by atoms with Crippen LogP contribution in [-0.2, 0) is 10.0 Å². The predicted molar refractivity (Wildman–Crippen MR) is 116 cm³/mol. The third kappa shape index (κ3) is 5.28. The molecule has 0 amide bonds. The van der Waals surface area contributed by atoms with E-state index in [1.165, 1.54) is 43.7 Å². The number of phenols is 1. The number of rotatable bonds is 8. The van der Waals surface area contributed by atoms with Crippen LogP contribution >= 0.6 is 0 Å². The zero-order chi connectivity index (χ0) is 22.4. The highest BCUT2D eigenvalue weighted by molar-refractivity contribution is 7.92. The highest BCUT2D eigenvalue weighted by Gasteiger charge is 2.22. The second-order valence-corrected chi connectivity index (χ2v) is 7.89. The monoisotopic (exact) mass is 442 g/mol. The van der Waals surface area contributed by atoms with Crippen LogP contribution in [0, 0.1) is 10.1 Å². The SMILES string of the molecule is COc1ccccc1NS(=O)(=O)c1ccc(NN=Cc2ccc(O)cc2)c([N+](=O)[O-])c1. The number of nitro groups is 1. The zero-order valence-electron chi connectivity index (χ0n) is 16.2. The number of anilines is 2. The number of hydrogen-bond donors (Lipinski definition) is 3. The number of benzene rings is 3. The lowest BCUT2D eigenvalue weighted by Crippen LogP contribution is -2.14. The Kier molecular flexibility index (Phi) is 6.36. The summed E-state index contributed by atoms with van der Waals surface area (Å²) in [6.07, 6.45) is 1.40. The lowest BCUT2D eigenvalue weighted by atomic mass is 10.2. The topological polar surface area (TPSA) is 143 Å². The zero-order valence-corrected chi connectivity index (χ0v) is 17.0. The normalized spacial score (nSPS) is 11.3. The van der Waals surface area contributed by atoms with Crippen LogP contribution in [0.15, 0.2) is 76.7 Å². The fourth-order valence-electron chi connectivity index (χ4n) is 2.59. The van der Waals surface area contributed by atoms with Gasteiger partial charge in [-0.15, -0.1) is 0 Å². The second kappa shape index (κ2) is 9.13. The highest BCUT2D eigenvalue weighted by Crippen LogP contribution is 2.30. The van der Waals surface area contributed by atoms with Crippen LogP contribution in [0.25, 0.3) is 0 Å². The number of hydrazone groups is 1. The van der Waals surface area contributed by atoms with Crippen LogP contribution in [0.1, 0.15) is 5.56 Å². The molecule has 3 N–H and O–H groups in total.